The van der Waals surface area contributed by atoms with Crippen LogP contribution in [-0.2, 0) is 36.7 Å². The molecule has 8 rings (SSSR count). The number of carbonyl (C=O) groups excluding carboxylic acids is 6. The molecule has 7 heterocycles. The minimum absolute atomic E-state index is 0.177. The van der Waals surface area contributed by atoms with Crippen molar-refractivity contribution in [3.63, 3.8) is 0 Å². The Morgan fingerprint density at radius 3 is 1.51 bits per heavy atom. The topological polar surface area (TPSA) is 240 Å². The zero-order chi connectivity index (χ0) is 54.8. The van der Waals surface area contributed by atoms with Gasteiger partial charge >= 0.3 is 0 Å². The second kappa shape index (κ2) is 25.6. The summed E-state index contributed by atoms with van der Waals surface area (Å²) in [5, 5.41) is 12.6. The number of aromatic nitrogens is 5. The second-order valence-corrected chi connectivity index (χ2v) is 20.9. The van der Waals surface area contributed by atoms with E-state index in [1.807, 2.05) is 9.13 Å². The highest BCUT2D eigenvalue weighted by molar-refractivity contribution is 6.14. The van der Waals surface area contributed by atoms with Crippen LogP contribution in [0.1, 0.15) is 116 Å². The van der Waals surface area contributed by atoms with E-state index in [2.05, 4.69) is 63.7 Å². The molecule has 21 nitrogen and oxygen atoms in total. The maximum atomic E-state index is 15.3. The number of nitrogens with two attached hydrogens (primary N) is 1. The number of hydrogen-bond donors (Lipinski definition) is 6. The number of nitrogens with one attached hydrogen (secondary N) is 5. The molecule has 1 aromatic carbocycles. The number of anilines is 4. The van der Waals surface area contributed by atoms with Crippen LogP contribution in [0.2, 0.25) is 0 Å². The van der Waals surface area contributed by atoms with E-state index in [-0.39, 0.29) is 46.3 Å². The number of nitrogens with zero attached hydrogens (tertiary/aromatic N) is 7. The summed E-state index contributed by atoms with van der Waals surface area (Å²) in [5.41, 5.74) is 9.49. The first kappa shape index (κ1) is 55.8. The standard InChI is InChI=1S/C56H75N13O8/c1-37(2)11-17-67-35-43(31-49(67)54(73)60-41-29-47(63(5)33-41)52(71)58-13-7-15-65-19-23-76-24-20-65)69(56(75)46-28-40-27-39(51(57)70)9-10-45(40)62-46)44-32-50(68(36-44)18-12-38(3)4)55(74)61-42-30-48(64(6)34-42)53(72)59-14-8-16-66-21-25-77-26-22-66/h9-10,27-38,62H,7-8,11-26H2,1-6H3,(H2,57,70)(H,58,71)(H,59,72)(H,60,73)(H,61,74). The molecule has 7 N–H and O–H groups in total. The number of aryl methyl sites for hydroxylation is 4. The predicted octanol–water partition coefficient (Wildman–Crippen LogP) is 6.03. The molecule has 2 fully saturated rings. The lowest BCUT2D eigenvalue weighted by Gasteiger charge is -2.26. The zero-order valence-corrected chi connectivity index (χ0v) is 45.3. The first-order chi connectivity index (χ1) is 37.0. The Morgan fingerprint density at radius 2 is 1.06 bits per heavy atom. The number of benzene rings is 1. The normalized spacial score (nSPS) is 14.3. The van der Waals surface area contributed by atoms with Crippen LogP contribution in [-0.4, -0.2) is 147 Å². The molecule has 5 aromatic heterocycles. The van der Waals surface area contributed by atoms with E-state index in [4.69, 9.17) is 15.2 Å². The van der Waals surface area contributed by atoms with Gasteiger partial charge in [0.1, 0.15) is 28.5 Å². The SMILES string of the molecule is CC(C)CCn1cc(N(C(=O)c2cc3cc(C(N)=O)ccc3[nH]2)c2cc(C(=O)Nc3cc(C(=O)NCCCN4CCOCC4)n(C)c3)n(CCC(C)C)c2)cc1C(=O)Nc1cc(C(=O)NCCCN2CCOCC2)n(C)c1. The van der Waals surface area contributed by atoms with Gasteiger partial charge in [-0.3, -0.25) is 43.5 Å². The van der Waals surface area contributed by atoms with Crippen molar-refractivity contribution in [3.05, 3.63) is 107 Å². The van der Waals surface area contributed by atoms with Gasteiger partial charge in [-0.05, 0) is 99.1 Å². The summed E-state index contributed by atoms with van der Waals surface area (Å²) in [6.07, 6.45) is 9.88. The van der Waals surface area contributed by atoms with Crippen LogP contribution in [0.15, 0.2) is 73.3 Å². The van der Waals surface area contributed by atoms with Crippen molar-refractivity contribution in [2.75, 3.05) is 94.3 Å². The fourth-order valence-electron chi connectivity index (χ4n) is 9.63. The highest BCUT2D eigenvalue weighted by Crippen LogP contribution is 2.34. The van der Waals surface area contributed by atoms with Gasteiger partial charge in [-0.1, -0.05) is 27.7 Å². The average Bonchev–Trinajstić information content (AvgIpc) is 4.27. The third kappa shape index (κ3) is 14.3. The summed E-state index contributed by atoms with van der Waals surface area (Å²) < 4.78 is 17.9. The number of morpholine rings is 2. The van der Waals surface area contributed by atoms with E-state index in [0.29, 0.717) is 110 Å². The van der Waals surface area contributed by atoms with Crippen molar-refractivity contribution < 1.29 is 38.2 Å². The van der Waals surface area contributed by atoms with E-state index in [9.17, 15) is 24.0 Å². The monoisotopic (exact) mass is 1060 g/mol. The number of fused-ring (bicyclic) bond motifs is 1. The van der Waals surface area contributed by atoms with Gasteiger partial charge in [0.25, 0.3) is 29.5 Å². The van der Waals surface area contributed by atoms with Crippen molar-refractivity contribution in [2.24, 2.45) is 31.7 Å². The number of rotatable bonds is 24. The molecule has 2 aliphatic heterocycles. The maximum Gasteiger partial charge on any atom is 0.279 e. The summed E-state index contributed by atoms with van der Waals surface area (Å²) in [6, 6.07) is 13.1. The number of primary amides is 1. The number of H-pyrrole nitrogens is 1. The van der Waals surface area contributed by atoms with Crippen LogP contribution in [0.4, 0.5) is 22.7 Å². The minimum atomic E-state index is -0.611. The van der Waals surface area contributed by atoms with Crippen molar-refractivity contribution in [2.45, 2.75) is 66.5 Å². The van der Waals surface area contributed by atoms with Crippen LogP contribution in [0.5, 0.6) is 0 Å². The first-order valence-electron chi connectivity index (χ1n) is 26.8. The number of carbonyl (C=O) groups is 6. The lowest BCUT2D eigenvalue weighted by molar-refractivity contribution is 0.0373. The molecule has 0 unspecified atom stereocenters. The minimum Gasteiger partial charge on any atom is -0.379 e. The summed E-state index contributed by atoms with van der Waals surface area (Å²) in [4.78, 5) is 92.5. The number of amides is 6. The highest BCUT2D eigenvalue weighted by Gasteiger charge is 2.29. The molecule has 0 bridgehead atoms. The number of hydrogen-bond acceptors (Lipinski definition) is 10. The van der Waals surface area contributed by atoms with Crippen molar-refractivity contribution in [3.8, 4) is 0 Å². The molecule has 0 saturated carbocycles. The third-order valence-corrected chi connectivity index (χ3v) is 14.1. The zero-order valence-electron chi connectivity index (χ0n) is 45.3. The molecule has 6 aromatic rings. The Balaban J connectivity index is 1.08. The molecule has 0 aliphatic carbocycles. The van der Waals surface area contributed by atoms with Gasteiger partial charge < -0.3 is 59.7 Å². The first-order valence-corrected chi connectivity index (χ1v) is 26.8. The van der Waals surface area contributed by atoms with Crippen LogP contribution < -0.4 is 31.9 Å². The van der Waals surface area contributed by atoms with Crippen molar-refractivity contribution >= 4 is 69.1 Å². The van der Waals surface area contributed by atoms with Gasteiger partial charge in [0.05, 0.1) is 49.2 Å². The Bertz CT molecular complexity index is 2900. The Kier molecular flexibility index (Phi) is 18.5. The van der Waals surface area contributed by atoms with Crippen molar-refractivity contribution in [1.29, 1.82) is 0 Å². The molecule has 77 heavy (non-hydrogen) atoms. The molecule has 0 radical (unpaired) electrons. The molecule has 2 aliphatic rings. The van der Waals surface area contributed by atoms with Gasteiger partial charge in [0.2, 0.25) is 5.91 Å². The molecular formula is C56H75N13O8. The van der Waals surface area contributed by atoms with E-state index >= 15 is 4.79 Å². The number of ether oxygens (including phenoxy) is 2. The van der Waals surface area contributed by atoms with Gasteiger partial charge in [-0.25, -0.2) is 0 Å². The fourth-order valence-corrected chi connectivity index (χ4v) is 9.63. The summed E-state index contributed by atoms with van der Waals surface area (Å²) >= 11 is 0. The Labute approximate surface area is 449 Å². The maximum absolute atomic E-state index is 15.3. The van der Waals surface area contributed by atoms with Crippen molar-refractivity contribution in [1.82, 2.24) is 43.7 Å². The average molecular weight is 1060 g/mol. The van der Waals surface area contributed by atoms with E-state index < -0.39 is 23.6 Å². The largest absolute Gasteiger partial charge is 0.379 e. The number of aromatic amines is 1. The molecular weight excluding hydrogens is 983 g/mol. The van der Waals surface area contributed by atoms with E-state index in [1.165, 1.54) is 4.90 Å². The van der Waals surface area contributed by atoms with Crippen LogP contribution in [0.3, 0.4) is 0 Å². The highest BCUT2D eigenvalue weighted by atomic mass is 16.5. The van der Waals surface area contributed by atoms with Gasteiger partial charge in [-0.15, -0.1) is 0 Å². The summed E-state index contributed by atoms with van der Waals surface area (Å²) in [6.45, 7) is 18.3. The van der Waals surface area contributed by atoms with E-state index in [0.717, 1.165) is 52.1 Å². The molecule has 0 atom stereocenters. The molecule has 21 heteroatoms. The smallest absolute Gasteiger partial charge is 0.279 e. The predicted molar refractivity (Wildman–Crippen MR) is 296 cm³/mol. The Morgan fingerprint density at radius 1 is 0.597 bits per heavy atom. The fraction of sp³-hybridized carbons (Fsp3) is 0.464. The summed E-state index contributed by atoms with van der Waals surface area (Å²) in [7, 11) is 3.50. The quantitative estimate of drug-likeness (QED) is 0.0385. The van der Waals surface area contributed by atoms with Crippen LogP contribution in [0, 0.1) is 11.8 Å². The lowest BCUT2D eigenvalue weighted by Crippen LogP contribution is -2.38. The van der Waals surface area contributed by atoms with Gasteiger partial charge in [-0.2, -0.15) is 0 Å². The molecule has 412 valence electrons. The summed E-state index contributed by atoms with van der Waals surface area (Å²) in [5.74, 6) is -2.01. The van der Waals surface area contributed by atoms with E-state index in [1.54, 1.807) is 96.5 Å². The molecule has 0 spiro atoms. The van der Waals surface area contributed by atoms with Crippen LogP contribution in [0.25, 0.3) is 10.9 Å². The molecule has 6 amide bonds. The lowest BCUT2D eigenvalue weighted by atomic mass is 10.1. The molecule has 2 saturated heterocycles. The van der Waals surface area contributed by atoms with Crippen LogP contribution >= 0.6 is 0 Å². The van der Waals surface area contributed by atoms with Gasteiger partial charge in [0, 0.05) is 108 Å². The third-order valence-electron chi connectivity index (χ3n) is 14.1. The van der Waals surface area contributed by atoms with Gasteiger partial charge in [0.15, 0.2) is 0 Å². The second-order valence-electron chi connectivity index (χ2n) is 20.9. The Hall–Kier alpha value is -7.46.